The van der Waals surface area contributed by atoms with Gasteiger partial charge < -0.3 is 4.57 Å². The first kappa shape index (κ1) is 29.8. The zero-order valence-electron chi connectivity index (χ0n) is 27.8. The molecule has 3 N–H and O–H groups in total. The third-order valence-electron chi connectivity index (χ3n) is 10.6. The van der Waals surface area contributed by atoms with Gasteiger partial charge in [0, 0.05) is 26.3 Å². The molecular formula is C45H38N4S. The maximum atomic E-state index is 3.94. The molecule has 4 nitrogen and oxygen atoms in total. The van der Waals surface area contributed by atoms with Crippen molar-refractivity contribution in [1.82, 2.24) is 20.5 Å². The highest BCUT2D eigenvalue weighted by molar-refractivity contribution is 7.20. The zero-order chi connectivity index (χ0) is 33.0. The van der Waals surface area contributed by atoms with Crippen molar-refractivity contribution in [2.75, 3.05) is 0 Å². The predicted molar refractivity (Wildman–Crippen MR) is 209 cm³/mol. The lowest BCUT2D eigenvalue weighted by Crippen LogP contribution is -2.54. The van der Waals surface area contributed by atoms with Crippen molar-refractivity contribution in [2.45, 2.75) is 44.2 Å². The largest absolute Gasteiger partial charge is 0.310 e. The molecule has 3 atom stereocenters. The van der Waals surface area contributed by atoms with E-state index in [0.29, 0.717) is 0 Å². The Morgan fingerprint density at radius 3 is 1.98 bits per heavy atom. The molecule has 0 spiro atoms. The minimum atomic E-state index is -0.0811. The molecule has 2 aliphatic carbocycles. The number of fused-ring (bicyclic) bond motifs is 6. The third-order valence-corrected chi connectivity index (χ3v) is 11.8. The van der Waals surface area contributed by atoms with Crippen LogP contribution in [0.15, 0.2) is 133 Å². The number of thiophene rings is 1. The first-order chi connectivity index (χ1) is 24.8. The van der Waals surface area contributed by atoms with Gasteiger partial charge in [-0.15, -0.1) is 11.3 Å². The average Bonchev–Trinajstić information content (AvgIpc) is 3.72. The third kappa shape index (κ3) is 5.17. The summed E-state index contributed by atoms with van der Waals surface area (Å²) in [6.07, 6.45) is 13.6. The highest BCUT2D eigenvalue weighted by Gasteiger charge is 2.30. The molecule has 0 radical (unpaired) electrons. The number of hydrogen-bond donors (Lipinski definition) is 3. The van der Waals surface area contributed by atoms with E-state index in [2.05, 4.69) is 166 Å². The standard InChI is InChI=1S/C45H38N4S/c1-3-13-29(14-4-1)31-17-11-18-32(25-31)44-46-43(30-15-5-2-6-16-30)47-45(48-44)33-19-12-20-34(26-33)49-39-23-9-7-21-35(39)37-28-42-38(27-40(37)49)36-22-8-10-24-41(36)50-42/h1-6,9-20,23-28,43-48H,7-8,21-22H2. The monoisotopic (exact) mass is 666 g/mol. The van der Waals surface area contributed by atoms with E-state index in [1.807, 2.05) is 11.3 Å². The normalized spacial score (nSPS) is 19.9. The van der Waals surface area contributed by atoms with E-state index in [-0.39, 0.29) is 18.5 Å². The number of allylic oxidation sites excluding steroid dienone is 2. The lowest BCUT2D eigenvalue weighted by Gasteiger charge is -2.40. The van der Waals surface area contributed by atoms with Gasteiger partial charge in [0.25, 0.3) is 0 Å². The molecule has 10 rings (SSSR count). The lowest BCUT2D eigenvalue weighted by molar-refractivity contribution is 0.203. The molecule has 244 valence electrons. The van der Waals surface area contributed by atoms with Crippen molar-refractivity contribution in [3.63, 3.8) is 0 Å². The Morgan fingerprint density at radius 1 is 0.540 bits per heavy atom. The maximum Gasteiger partial charge on any atom is 0.0865 e. The Kier molecular flexibility index (Phi) is 7.39. The molecule has 0 bridgehead atoms. The van der Waals surface area contributed by atoms with Crippen LogP contribution in [0, 0.1) is 0 Å². The lowest BCUT2D eigenvalue weighted by atomic mass is 9.98. The van der Waals surface area contributed by atoms with Crippen molar-refractivity contribution < 1.29 is 0 Å². The van der Waals surface area contributed by atoms with Gasteiger partial charge in [-0.3, -0.25) is 16.0 Å². The molecular weight excluding hydrogens is 629 g/mol. The van der Waals surface area contributed by atoms with E-state index in [1.165, 1.54) is 76.2 Å². The highest BCUT2D eigenvalue weighted by Crippen LogP contribution is 2.42. The molecule has 3 unspecified atom stereocenters. The van der Waals surface area contributed by atoms with Crippen molar-refractivity contribution in [2.24, 2.45) is 0 Å². The number of aromatic nitrogens is 1. The Bertz CT molecular complexity index is 2430. The van der Waals surface area contributed by atoms with Gasteiger partial charge in [0.1, 0.15) is 0 Å². The van der Waals surface area contributed by atoms with E-state index >= 15 is 0 Å². The number of rotatable bonds is 5. The number of nitrogens with one attached hydrogen (secondary N) is 3. The quantitative estimate of drug-likeness (QED) is 0.171. The molecule has 5 heteroatoms. The van der Waals surface area contributed by atoms with Gasteiger partial charge in [-0.05, 0) is 112 Å². The molecule has 1 aliphatic heterocycles. The summed E-state index contributed by atoms with van der Waals surface area (Å²) in [5.74, 6) is 0. The van der Waals surface area contributed by atoms with Gasteiger partial charge in [-0.2, -0.15) is 0 Å². The van der Waals surface area contributed by atoms with Crippen LogP contribution in [-0.2, 0) is 12.8 Å². The second-order valence-corrected chi connectivity index (χ2v) is 14.8. The Balaban J connectivity index is 1.07. The second-order valence-electron chi connectivity index (χ2n) is 13.7. The molecule has 50 heavy (non-hydrogen) atoms. The summed E-state index contributed by atoms with van der Waals surface area (Å²) in [6.45, 7) is 0. The number of aryl methyl sites for hydroxylation is 2. The molecule has 5 aromatic carbocycles. The van der Waals surface area contributed by atoms with Crippen molar-refractivity contribution in [3.8, 4) is 16.8 Å². The highest BCUT2D eigenvalue weighted by atomic mass is 32.1. The number of nitrogens with zero attached hydrogens (tertiary/aromatic N) is 1. The van der Waals surface area contributed by atoms with Crippen LogP contribution in [-0.4, -0.2) is 4.57 Å². The molecule has 3 aliphatic rings. The summed E-state index contributed by atoms with van der Waals surface area (Å²) in [5, 5.41) is 14.5. The molecule has 2 aromatic heterocycles. The first-order valence-electron chi connectivity index (χ1n) is 17.8. The number of hydrogen-bond acceptors (Lipinski definition) is 4. The zero-order valence-corrected chi connectivity index (χ0v) is 28.6. The minimum Gasteiger partial charge on any atom is -0.310 e. The van der Waals surface area contributed by atoms with Crippen molar-refractivity contribution >= 4 is 44.5 Å². The van der Waals surface area contributed by atoms with Gasteiger partial charge in [-0.25, -0.2) is 0 Å². The van der Waals surface area contributed by atoms with Crippen LogP contribution in [0.2, 0.25) is 0 Å². The molecule has 3 heterocycles. The van der Waals surface area contributed by atoms with Crippen LogP contribution in [0.5, 0.6) is 0 Å². The summed E-state index contributed by atoms with van der Waals surface area (Å²) in [5.41, 5.74) is 12.9. The fourth-order valence-electron chi connectivity index (χ4n) is 8.22. The summed E-state index contributed by atoms with van der Waals surface area (Å²) < 4.78 is 3.93. The average molecular weight is 667 g/mol. The molecule has 0 saturated carbocycles. The second kappa shape index (κ2) is 12.4. The van der Waals surface area contributed by atoms with Gasteiger partial charge >= 0.3 is 0 Å². The smallest absolute Gasteiger partial charge is 0.0865 e. The van der Waals surface area contributed by atoms with Crippen LogP contribution in [0.25, 0.3) is 50.0 Å². The van der Waals surface area contributed by atoms with Crippen molar-refractivity contribution in [3.05, 3.63) is 172 Å². The topological polar surface area (TPSA) is 41.0 Å². The first-order valence-corrected chi connectivity index (χ1v) is 18.6. The van der Waals surface area contributed by atoms with Crippen LogP contribution in [0.1, 0.15) is 69.7 Å². The van der Waals surface area contributed by atoms with Gasteiger partial charge in [0.15, 0.2) is 0 Å². The molecule has 1 fully saturated rings. The SMILES string of the molecule is C1=Cc2sc3cc4c5c(n(-c6cccc(C7NC(c8ccccc8)NC(c8cccc(-c9ccccc9)c8)N7)c6)c4cc3c2CC1)C=CCC5. The van der Waals surface area contributed by atoms with Crippen LogP contribution in [0.4, 0.5) is 0 Å². The van der Waals surface area contributed by atoms with Crippen molar-refractivity contribution in [1.29, 1.82) is 0 Å². The van der Waals surface area contributed by atoms with E-state index in [4.69, 9.17) is 0 Å². The van der Waals surface area contributed by atoms with Gasteiger partial charge in [0.05, 0.1) is 24.0 Å². The van der Waals surface area contributed by atoms with Crippen LogP contribution < -0.4 is 16.0 Å². The van der Waals surface area contributed by atoms with E-state index in [9.17, 15) is 0 Å². The summed E-state index contributed by atoms with van der Waals surface area (Å²) >= 11 is 1.95. The fraction of sp³-hybridized carbons (Fsp3) is 0.156. The fourth-order valence-corrected chi connectivity index (χ4v) is 9.42. The minimum absolute atomic E-state index is 0.0355. The van der Waals surface area contributed by atoms with E-state index in [0.717, 1.165) is 25.7 Å². The summed E-state index contributed by atoms with van der Waals surface area (Å²) in [6, 6.07) is 44.4. The number of benzene rings is 5. The van der Waals surface area contributed by atoms with E-state index < -0.39 is 0 Å². The van der Waals surface area contributed by atoms with Crippen LogP contribution >= 0.6 is 11.3 Å². The maximum absolute atomic E-state index is 3.94. The molecule has 7 aromatic rings. The van der Waals surface area contributed by atoms with Crippen LogP contribution in [0.3, 0.4) is 0 Å². The molecule has 1 saturated heterocycles. The van der Waals surface area contributed by atoms with Gasteiger partial charge in [0.2, 0.25) is 0 Å². The summed E-state index contributed by atoms with van der Waals surface area (Å²) in [4.78, 5) is 1.43. The molecule has 0 amide bonds. The Hall–Kier alpha value is -5.04. The van der Waals surface area contributed by atoms with E-state index in [1.54, 1.807) is 0 Å². The predicted octanol–water partition coefficient (Wildman–Crippen LogP) is 10.6. The summed E-state index contributed by atoms with van der Waals surface area (Å²) in [7, 11) is 0. The Labute approximate surface area is 296 Å². The Morgan fingerprint density at radius 2 is 1.18 bits per heavy atom. The van der Waals surface area contributed by atoms with Gasteiger partial charge in [-0.1, -0.05) is 103 Å².